The summed E-state index contributed by atoms with van der Waals surface area (Å²) in [6.07, 6.45) is 10.6. The van der Waals surface area contributed by atoms with Crippen molar-refractivity contribution in [3.8, 4) is 11.5 Å². The van der Waals surface area contributed by atoms with Crippen molar-refractivity contribution in [1.29, 1.82) is 0 Å². The second-order valence-corrected chi connectivity index (χ2v) is 16.9. The molecule has 318 valence electrons. The van der Waals surface area contributed by atoms with Gasteiger partial charge in [-0.25, -0.2) is 9.59 Å². The summed E-state index contributed by atoms with van der Waals surface area (Å²) < 4.78 is 32.0. The van der Waals surface area contributed by atoms with Crippen LogP contribution in [0.15, 0.2) is 47.7 Å². The summed E-state index contributed by atoms with van der Waals surface area (Å²) >= 11 is 0. The minimum atomic E-state index is -1.42. The topological polar surface area (TPSA) is 158 Å². The largest absolute Gasteiger partial charge is 0.459 e. The molecule has 2 fully saturated rings. The molecular formula is C44H67N3O10. The number of ether oxygens (including phenoxy) is 5. The van der Waals surface area contributed by atoms with Crippen molar-refractivity contribution in [2.24, 2.45) is 28.3 Å². The van der Waals surface area contributed by atoms with E-state index in [9.17, 15) is 19.8 Å². The second kappa shape index (κ2) is 20.9. The van der Waals surface area contributed by atoms with Gasteiger partial charge in [-0.3, -0.25) is 4.90 Å². The van der Waals surface area contributed by atoms with Crippen molar-refractivity contribution < 1.29 is 48.3 Å². The van der Waals surface area contributed by atoms with E-state index in [1.165, 1.54) is 0 Å². The highest BCUT2D eigenvalue weighted by Crippen LogP contribution is 2.62. The maximum Gasteiger partial charge on any atom is 0.412 e. The van der Waals surface area contributed by atoms with Crippen LogP contribution in [0.1, 0.15) is 117 Å². The lowest BCUT2D eigenvalue weighted by molar-refractivity contribution is -0.255. The normalized spacial score (nSPS) is 27.3. The van der Waals surface area contributed by atoms with Gasteiger partial charge in [-0.05, 0) is 92.9 Å². The smallest absolute Gasteiger partial charge is 0.412 e. The summed E-state index contributed by atoms with van der Waals surface area (Å²) in [5.41, 5.74) is 2.21. The first-order chi connectivity index (χ1) is 27.5. The fourth-order valence-electron chi connectivity index (χ4n) is 8.89. The Morgan fingerprint density at radius 1 is 1.11 bits per heavy atom. The number of allylic oxidation sites excluding steroid dienone is 1. The lowest BCUT2D eigenvalue weighted by Crippen LogP contribution is -2.70. The molecule has 1 aromatic rings. The zero-order valence-corrected chi connectivity index (χ0v) is 34.8. The fraction of sp³-hybridized carbons (Fsp3) is 0.705. The van der Waals surface area contributed by atoms with E-state index in [4.69, 9.17) is 33.7 Å². The standard InChI is InChI=1S/C44H67N3O10/c1-7-21-47(42(51)53-29-43(4,5)6)37-28-35(46-57-38-18-12-15-25-52-38)33-26-30(16-10-13-22-48)32(17-11-14-23-49)39-34-27-31(55-41(50)45-9-3)19-20-36(34)56-44(37,40(33)39)54-24-8-2/h8,19-20,26-27,30,32,37-40,48-49H,2,7,9-18,21-25,28-29H2,1,3-6H3,(H,45,50). The SMILES string of the molecule is C=CCOC12Oc3ccc(OC(=O)NCC)cc3C3C(CCCCO)C(CCCCO)C=C(C(=NOC4CCCCO4)CC1N(CCC)C(=O)OCC(C)(C)C)C32. The predicted molar refractivity (Wildman–Crippen MR) is 217 cm³/mol. The van der Waals surface area contributed by atoms with Crippen LogP contribution in [-0.2, 0) is 19.0 Å². The summed E-state index contributed by atoms with van der Waals surface area (Å²) in [5, 5.41) is 27.3. The fourth-order valence-corrected chi connectivity index (χ4v) is 8.89. The van der Waals surface area contributed by atoms with Crippen molar-refractivity contribution >= 4 is 17.9 Å². The van der Waals surface area contributed by atoms with E-state index in [1.807, 2.05) is 46.8 Å². The highest BCUT2D eigenvalue weighted by atomic mass is 16.8. The molecule has 4 aliphatic rings. The van der Waals surface area contributed by atoms with E-state index in [0.29, 0.717) is 56.2 Å². The average Bonchev–Trinajstić information content (AvgIpc) is 3.19. The molecule has 0 bridgehead atoms. The van der Waals surface area contributed by atoms with Gasteiger partial charge in [0.15, 0.2) is 0 Å². The second-order valence-electron chi connectivity index (χ2n) is 16.9. The Labute approximate surface area is 339 Å². The van der Waals surface area contributed by atoms with Crippen LogP contribution >= 0.6 is 0 Å². The molecule has 7 unspecified atom stereocenters. The third kappa shape index (κ3) is 10.9. The number of hydrogen-bond donors (Lipinski definition) is 3. The van der Waals surface area contributed by atoms with Crippen LogP contribution in [0, 0.1) is 23.2 Å². The number of carbonyl (C=O) groups excluding carboxylic acids is 2. The van der Waals surface area contributed by atoms with Crippen LogP contribution in [0.2, 0.25) is 0 Å². The number of aliphatic hydroxyl groups excluding tert-OH is 2. The molecule has 5 rings (SSSR count). The van der Waals surface area contributed by atoms with Crippen LogP contribution in [0.4, 0.5) is 9.59 Å². The van der Waals surface area contributed by atoms with Gasteiger partial charge in [-0.15, -0.1) is 6.58 Å². The zero-order valence-electron chi connectivity index (χ0n) is 34.8. The summed E-state index contributed by atoms with van der Waals surface area (Å²) in [4.78, 5) is 35.0. The van der Waals surface area contributed by atoms with Gasteiger partial charge in [-0.2, -0.15) is 0 Å². The lowest BCUT2D eigenvalue weighted by atomic mass is 9.55. The third-order valence-electron chi connectivity index (χ3n) is 11.3. The number of fused-ring (bicyclic) bond motifs is 2. The molecule has 13 heteroatoms. The molecule has 2 heterocycles. The first-order valence-corrected chi connectivity index (χ1v) is 21.2. The monoisotopic (exact) mass is 797 g/mol. The highest BCUT2D eigenvalue weighted by molar-refractivity contribution is 6.03. The summed E-state index contributed by atoms with van der Waals surface area (Å²) in [6.45, 7) is 15.9. The predicted octanol–water partition coefficient (Wildman–Crippen LogP) is 7.85. The van der Waals surface area contributed by atoms with E-state index in [-0.39, 0.29) is 56.0 Å². The summed E-state index contributed by atoms with van der Waals surface area (Å²) in [7, 11) is 0. The van der Waals surface area contributed by atoms with Gasteiger partial charge in [0.1, 0.15) is 17.5 Å². The number of carbonyl (C=O) groups is 2. The van der Waals surface area contributed by atoms with E-state index in [0.717, 1.165) is 56.1 Å². The summed E-state index contributed by atoms with van der Waals surface area (Å²) in [6, 6.07) is 4.74. The first kappa shape index (κ1) is 44.5. The number of oxime groups is 1. The molecule has 3 N–H and O–H groups in total. The van der Waals surface area contributed by atoms with Gasteiger partial charge >= 0.3 is 12.2 Å². The van der Waals surface area contributed by atoms with Gasteiger partial charge in [0.2, 0.25) is 12.1 Å². The Kier molecular flexibility index (Phi) is 16.3. The number of unbranched alkanes of at least 4 members (excludes halogenated alkanes) is 2. The van der Waals surface area contributed by atoms with Gasteiger partial charge in [0.25, 0.3) is 0 Å². The van der Waals surface area contributed by atoms with Crippen molar-refractivity contribution in [1.82, 2.24) is 10.2 Å². The molecule has 13 nitrogen and oxygen atoms in total. The maximum atomic E-state index is 14.4. The minimum Gasteiger partial charge on any atom is -0.459 e. The Morgan fingerprint density at radius 3 is 2.54 bits per heavy atom. The molecule has 0 aromatic heterocycles. The Morgan fingerprint density at radius 2 is 1.88 bits per heavy atom. The number of hydrogen-bond acceptors (Lipinski definition) is 11. The van der Waals surface area contributed by atoms with Gasteiger partial charge in [0, 0.05) is 50.6 Å². The van der Waals surface area contributed by atoms with Crippen molar-refractivity contribution in [2.45, 2.75) is 129 Å². The Bertz CT molecular complexity index is 1550. The van der Waals surface area contributed by atoms with Crippen molar-refractivity contribution in [3.63, 3.8) is 0 Å². The van der Waals surface area contributed by atoms with Crippen LogP contribution in [0.3, 0.4) is 0 Å². The van der Waals surface area contributed by atoms with E-state index in [2.05, 4.69) is 18.0 Å². The van der Waals surface area contributed by atoms with Crippen LogP contribution in [0.5, 0.6) is 11.5 Å². The van der Waals surface area contributed by atoms with Gasteiger partial charge in [-0.1, -0.05) is 57.8 Å². The van der Waals surface area contributed by atoms with E-state index < -0.39 is 36.2 Å². The molecule has 7 atom stereocenters. The molecular weight excluding hydrogens is 730 g/mol. The van der Waals surface area contributed by atoms with Gasteiger partial charge in [0.05, 0.1) is 31.5 Å². The zero-order chi connectivity index (χ0) is 41.0. The average molecular weight is 798 g/mol. The Hall–Kier alpha value is -3.65. The molecule has 57 heavy (non-hydrogen) atoms. The number of aliphatic hydroxyl groups is 2. The highest BCUT2D eigenvalue weighted by Gasteiger charge is 2.65. The number of nitrogens with zero attached hydrogens (tertiary/aromatic N) is 2. The molecule has 0 spiro atoms. The minimum absolute atomic E-state index is 0.0214. The molecule has 2 aliphatic carbocycles. The van der Waals surface area contributed by atoms with E-state index in [1.54, 1.807) is 17.0 Å². The molecule has 0 radical (unpaired) electrons. The van der Waals surface area contributed by atoms with Crippen molar-refractivity contribution in [2.75, 3.05) is 46.1 Å². The quantitative estimate of drug-likeness (QED) is 0.0716. The molecule has 1 saturated heterocycles. The van der Waals surface area contributed by atoms with Gasteiger partial charge < -0.3 is 44.1 Å². The Balaban J connectivity index is 1.76. The molecule has 1 saturated carbocycles. The number of benzene rings is 1. The maximum absolute atomic E-state index is 14.4. The van der Waals surface area contributed by atoms with Crippen molar-refractivity contribution in [3.05, 3.63) is 48.1 Å². The van der Waals surface area contributed by atoms with Crippen LogP contribution < -0.4 is 14.8 Å². The van der Waals surface area contributed by atoms with Crippen LogP contribution in [0.25, 0.3) is 0 Å². The third-order valence-corrected chi connectivity index (χ3v) is 11.3. The van der Waals surface area contributed by atoms with E-state index >= 15 is 0 Å². The number of nitrogens with one attached hydrogen (secondary N) is 1. The van der Waals surface area contributed by atoms with Crippen LogP contribution in [-0.4, -0.2) is 97.3 Å². The summed E-state index contributed by atoms with van der Waals surface area (Å²) in [5.74, 6) is -1.15. The molecule has 2 amide bonds. The first-order valence-electron chi connectivity index (χ1n) is 21.2. The lowest BCUT2D eigenvalue weighted by Gasteiger charge is -2.60. The molecule has 1 aromatic carbocycles. The number of amides is 2. The molecule has 2 aliphatic heterocycles. The number of rotatable bonds is 19.